The fourth-order valence-corrected chi connectivity index (χ4v) is 1.33. The van der Waals surface area contributed by atoms with Crippen LogP contribution in [0.3, 0.4) is 0 Å². The molecule has 5 nitrogen and oxygen atoms in total. The first kappa shape index (κ1) is 7.27. The number of aromatic nitrogens is 3. The highest BCUT2D eigenvalue weighted by Crippen LogP contribution is 2.15. The van der Waals surface area contributed by atoms with Gasteiger partial charge in [-0.05, 0) is 5.92 Å². The summed E-state index contributed by atoms with van der Waals surface area (Å²) in [7, 11) is 0. The van der Waals surface area contributed by atoms with Crippen LogP contribution >= 0.6 is 0 Å². The summed E-state index contributed by atoms with van der Waals surface area (Å²) in [5.74, 6) is 0.600. The molecular formula is C7H10N4O. The Hall–Kier alpha value is -1.39. The van der Waals surface area contributed by atoms with E-state index in [9.17, 15) is 4.79 Å². The van der Waals surface area contributed by atoms with Crippen LogP contribution in [0.4, 0.5) is 0 Å². The van der Waals surface area contributed by atoms with E-state index in [4.69, 9.17) is 0 Å². The molecule has 1 amide bonds. The minimum absolute atomic E-state index is 0.0261. The van der Waals surface area contributed by atoms with Gasteiger partial charge in [-0.15, -0.1) is 0 Å². The van der Waals surface area contributed by atoms with Gasteiger partial charge in [0.15, 0.2) is 5.69 Å². The highest BCUT2D eigenvalue weighted by molar-refractivity contribution is 5.92. The van der Waals surface area contributed by atoms with Gasteiger partial charge in [0.2, 0.25) is 0 Å². The number of aromatic amines is 1. The third kappa shape index (κ3) is 1.07. The second kappa shape index (κ2) is 2.58. The molecule has 5 heteroatoms. The zero-order chi connectivity index (χ0) is 8.55. The highest BCUT2D eigenvalue weighted by atomic mass is 16.2. The molecule has 12 heavy (non-hydrogen) atoms. The Morgan fingerprint density at radius 3 is 3.00 bits per heavy atom. The van der Waals surface area contributed by atoms with Crippen LogP contribution in [-0.2, 0) is 0 Å². The van der Waals surface area contributed by atoms with Crippen molar-refractivity contribution < 1.29 is 4.79 Å². The van der Waals surface area contributed by atoms with Crippen LogP contribution in [0.15, 0.2) is 6.20 Å². The van der Waals surface area contributed by atoms with Crippen LogP contribution < -0.4 is 0 Å². The van der Waals surface area contributed by atoms with Gasteiger partial charge in [0.25, 0.3) is 5.91 Å². The van der Waals surface area contributed by atoms with E-state index in [1.165, 1.54) is 6.20 Å². The van der Waals surface area contributed by atoms with E-state index in [0.29, 0.717) is 11.6 Å². The number of likely N-dealkylation sites (tertiary alicyclic amines) is 1. The number of amides is 1. The Kier molecular flexibility index (Phi) is 1.56. The smallest absolute Gasteiger partial charge is 0.276 e. The molecule has 64 valence electrons. The molecular weight excluding hydrogens is 156 g/mol. The fourth-order valence-electron chi connectivity index (χ4n) is 1.33. The zero-order valence-electron chi connectivity index (χ0n) is 6.82. The number of rotatable bonds is 1. The first-order chi connectivity index (χ1) is 5.77. The van der Waals surface area contributed by atoms with Crippen molar-refractivity contribution in [2.24, 2.45) is 5.92 Å². The van der Waals surface area contributed by atoms with Crippen molar-refractivity contribution in [3.8, 4) is 0 Å². The van der Waals surface area contributed by atoms with E-state index in [2.05, 4.69) is 22.3 Å². The van der Waals surface area contributed by atoms with Crippen LogP contribution in [0.5, 0.6) is 0 Å². The normalized spacial score (nSPS) is 17.6. The third-order valence-electron chi connectivity index (χ3n) is 1.99. The predicted molar refractivity (Wildman–Crippen MR) is 41.5 cm³/mol. The molecule has 1 N–H and O–H groups in total. The summed E-state index contributed by atoms with van der Waals surface area (Å²) >= 11 is 0. The van der Waals surface area contributed by atoms with Gasteiger partial charge in [0.1, 0.15) is 0 Å². The van der Waals surface area contributed by atoms with Gasteiger partial charge in [-0.1, -0.05) is 6.92 Å². The summed E-state index contributed by atoms with van der Waals surface area (Å²) < 4.78 is 0. The number of carbonyl (C=O) groups is 1. The summed E-state index contributed by atoms with van der Waals surface area (Å²) in [5, 5.41) is 9.71. The molecule has 1 aromatic heterocycles. The summed E-state index contributed by atoms with van der Waals surface area (Å²) in [4.78, 5) is 13.2. The molecule has 0 saturated carbocycles. The lowest BCUT2D eigenvalue weighted by atomic mass is 10.0. The van der Waals surface area contributed by atoms with Crippen molar-refractivity contribution in [1.29, 1.82) is 0 Å². The average Bonchev–Trinajstić information content (AvgIpc) is 2.49. The van der Waals surface area contributed by atoms with Crippen molar-refractivity contribution >= 4 is 5.91 Å². The zero-order valence-corrected chi connectivity index (χ0v) is 6.82. The van der Waals surface area contributed by atoms with Crippen molar-refractivity contribution in [3.05, 3.63) is 11.9 Å². The fraction of sp³-hybridized carbons (Fsp3) is 0.571. The largest absolute Gasteiger partial charge is 0.337 e. The molecule has 1 aliphatic rings. The van der Waals surface area contributed by atoms with Crippen molar-refractivity contribution in [1.82, 2.24) is 20.3 Å². The Labute approximate surface area is 69.8 Å². The van der Waals surface area contributed by atoms with Gasteiger partial charge in [0.05, 0.1) is 6.20 Å². The van der Waals surface area contributed by atoms with E-state index in [1.807, 2.05) is 0 Å². The Bertz CT molecular complexity index is 276. The van der Waals surface area contributed by atoms with E-state index in [0.717, 1.165) is 13.1 Å². The maximum absolute atomic E-state index is 11.4. The number of hydrogen-bond donors (Lipinski definition) is 1. The van der Waals surface area contributed by atoms with Gasteiger partial charge >= 0.3 is 0 Å². The second-order valence-corrected chi connectivity index (χ2v) is 3.17. The topological polar surface area (TPSA) is 61.9 Å². The standard InChI is InChI=1S/C7H10N4O/c1-5-3-11(4-5)7(12)6-2-8-10-9-6/h2,5H,3-4H2,1H3,(H,8,9,10). The molecule has 0 radical (unpaired) electrons. The van der Waals surface area contributed by atoms with Crippen molar-refractivity contribution in [2.75, 3.05) is 13.1 Å². The molecule has 1 fully saturated rings. The minimum Gasteiger partial charge on any atom is -0.337 e. The monoisotopic (exact) mass is 166 g/mol. The minimum atomic E-state index is -0.0261. The summed E-state index contributed by atoms with van der Waals surface area (Å²) in [6, 6.07) is 0. The Morgan fingerprint density at radius 2 is 2.50 bits per heavy atom. The van der Waals surface area contributed by atoms with Gasteiger partial charge in [-0.25, -0.2) is 0 Å². The van der Waals surface area contributed by atoms with Gasteiger partial charge in [0, 0.05) is 13.1 Å². The summed E-state index contributed by atoms with van der Waals surface area (Å²) in [6.45, 7) is 3.80. The number of nitrogens with one attached hydrogen (secondary N) is 1. The molecule has 0 spiro atoms. The molecule has 0 aromatic carbocycles. The van der Waals surface area contributed by atoms with Gasteiger partial charge in [-0.3, -0.25) is 4.79 Å². The van der Waals surface area contributed by atoms with Crippen LogP contribution in [0.1, 0.15) is 17.4 Å². The molecule has 1 aromatic rings. The van der Waals surface area contributed by atoms with Crippen molar-refractivity contribution in [2.45, 2.75) is 6.92 Å². The van der Waals surface area contributed by atoms with E-state index < -0.39 is 0 Å². The second-order valence-electron chi connectivity index (χ2n) is 3.17. The highest BCUT2D eigenvalue weighted by Gasteiger charge is 2.28. The summed E-state index contributed by atoms with van der Waals surface area (Å²) in [5.41, 5.74) is 0.405. The molecule has 0 aliphatic carbocycles. The SMILES string of the molecule is CC1CN(C(=O)c2cn[nH]n2)C1. The van der Waals surface area contributed by atoms with Crippen LogP contribution in [0.2, 0.25) is 0 Å². The number of hydrogen-bond acceptors (Lipinski definition) is 3. The maximum atomic E-state index is 11.4. The van der Waals surface area contributed by atoms with Crippen LogP contribution in [0.25, 0.3) is 0 Å². The molecule has 0 unspecified atom stereocenters. The molecule has 1 saturated heterocycles. The number of carbonyl (C=O) groups excluding carboxylic acids is 1. The number of H-pyrrole nitrogens is 1. The predicted octanol–water partition coefficient (Wildman–Crippen LogP) is -0.103. The summed E-state index contributed by atoms with van der Waals surface area (Å²) in [6.07, 6.45) is 1.45. The molecule has 2 rings (SSSR count). The van der Waals surface area contributed by atoms with Gasteiger partial charge < -0.3 is 4.90 Å². The first-order valence-electron chi connectivity index (χ1n) is 3.92. The van der Waals surface area contributed by atoms with E-state index in [1.54, 1.807) is 4.90 Å². The van der Waals surface area contributed by atoms with Crippen LogP contribution in [-0.4, -0.2) is 39.3 Å². The molecule has 0 bridgehead atoms. The molecule has 1 aliphatic heterocycles. The lowest BCUT2D eigenvalue weighted by molar-refractivity contribution is 0.0524. The van der Waals surface area contributed by atoms with Gasteiger partial charge in [-0.2, -0.15) is 15.4 Å². The Morgan fingerprint density at radius 1 is 1.75 bits per heavy atom. The third-order valence-corrected chi connectivity index (χ3v) is 1.99. The number of nitrogens with zero attached hydrogens (tertiary/aromatic N) is 3. The molecule has 2 heterocycles. The maximum Gasteiger partial charge on any atom is 0.276 e. The lowest BCUT2D eigenvalue weighted by Crippen LogP contribution is -2.48. The van der Waals surface area contributed by atoms with E-state index in [-0.39, 0.29) is 5.91 Å². The quantitative estimate of drug-likeness (QED) is 0.633. The Balaban J connectivity index is 2.03. The van der Waals surface area contributed by atoms with Crippen LogP contribution in [0, 0.1) is 5.92 Å². The van der Waals surface area contributed by atoms with E-state index >= 15 is 0 Å². The average molecular weight is 166 g/mol. The lowest BCUT2D eigenvalue weighted by Gasteiger charge is -2.36. The first-order valence-corrected chi connectivity index (χ1v) is 3.92. The van der Waals surface area contributed by atoms with Crippen molar-refractivity contribution in [3.63, 3.8) is 0 Å². The molecule has 0 atom stereocenters.